The van der Waals surface area contributed by atoms with Gasteiger partial charge in [-0.25, -0.2) is 4.79 Å². The molecular weight excluding hydrogens is 652 g/mol. The molecule has 0 saturated carbocycles. The number of methoxy groups -OCH3 is 1. The van der Waals surface area contributed by atoms with Crippen molar-refractivity contribution in [1.82, 2.24) is 15.1 Å². The summed E-state index contributed by atoms with van der Waals surface area (Å²) >= 11 is 0. The van der Waals surface area contributed by atoms with Gasteiger partial charge >= 0.3 is 12.1 Å². The van der Waals surface area contributed by atoms with Crippen LogP contribution in [0.2, 0.25) is 0 Å². The van der Waals surface area contributed by atoms with Gasteiger partial charge < -0.3 is 39.0 Å². The molecule has 0 spiro atoms. The van der Waals surface area contributed by atoms with E-state index in [2.05, 4.69) is 15.3 Å². The van der Waals surface area contributed by atoms with Gasteiger partial charge in [-0.1, -0.05) is 19.0 Å². The number of cyclic esters (lactones) is 1. The third-order valence-corrected chi connectivity index (χ3v) is 10.7. The Labute approximate surface area is 295 Å². The van der Waals surface area contributed by atoms with Crippen LogP contribution >= 0.6 is 0 Å². The summed E-state index contributed by atoms with van der Waals surface area (Å²) in [5, 5.41) is 17.9. The first-order valence-corrected chi connectivity index (χ1v) is 17.7. The van der Waals surface area contributed by atoms with Gasteiger partial charge in [-0.05, 0) is 86.3 Å². The number of aliphatic hydroxyl groups is 1. The van der Waals surface area contributed by atoms with Crippen molar-refractivity contribution in [1.29, 1.82) is 0 Å². The van der Waals surface area contributed by atoms with E-state index >= 15 is 0 Å². The van der Waals surface area contributed by atoms with Gasteiger partial charge in [-0.2, -0.15) is 0 Å². The summed E-state index contributed by atoms with van der Waals surface area (Å²) in [7, 11) is 5.17. The molecule has 0 radical (unpaired) electrons. The lowest BCUT2D eigenvalue weighted by Crippen LogP contribution is -2.61. The average Bonchev–Trinajstić information content (AvgIpc) is 3.32. The average molecular weight is 711 g/mol. The van der Waals surface area contributed by atoms with Gasteiger partial charge in [-0.3, -0.25) is 19.3 Å². The van der Waals surface area contributed by atoms with Crippen LogP contribution in [0.1, 0.15) is 87.0 Å². The molecule has 0 aliphatic carbocycles. The number of carbonyl (C=O) groups excluding carboxylic acids is 4. The molecule has 3 fully saturated rings. The molecule has 16 nitrogen and oxygen atoms in total. The second-order valence-electron chi connectivity index (χ2n) is 14.7. The molecule has 50 heavy (non-hydrogen) atoms. The van der Waals surface area contributed by atoms with Crippen molar-refractivity contribution in [2.45, 2.75) is 147 Å². The van der Waals surface area contributed by atoms with E-state index in [-0.39, 0.29) is 50.4 Å². The Balaban J connectivity index is 2.03. The van der Waals surface area contributed by atoms with E-state index in [0.717, 1.165) is 0 Å². The third-order valence-electron chi connectivity index (χ3n) is 10.7. The Kier molecular flexibility index (Phi) is 14.5. The summed E-state index contributed by atoms with van der Waals surface area (Å²) in [6.45, 7) is 12.5. The number of unbranched alkanes of at least 4 members (excludes halogenated alkanes) is 1. The Morgan fingerprint density at radius 3 is 2.42 bits per heavy atom. The van der Waals surface area contributed by atoms with Gasteiger partial charge in [0, 0.05) is 43.5 Å². The summed E-state index contributed by atoms with van der Waals surface area (Å²) in [6.07, 6.45) is -3.37. The molecule has 16 heteroatoms. The fraction of sp³-hybridized carbons (Fsp3) is 0.882. The van der Waals surface area contributed by atoms with Crippen molar-refractivity contribution < 1.29 is 48.0 Å². The normalized spacial score (nSPS) is 39.1. The highest BCUT2D eigenvalue weighted by atomic mass is 16.7. The molecule has 0 aromatic heterocycles. The number of ketones is 1. The number of amides is 2. The van der Waals surface area contributed by atoms with Crippen molar-refractivity contribution in [2.24, 2.45) is 17.0 Å². The maximum absolute atomic E-state index is 13.9. The Bertz CT molecular complexity index is 1260. The number of aliphatic hydroxyl groups excluding tert-OH is 1. The van der Waals surface area contributed by atoms with Gasteiger partial charge in [0.25, 0.3) is 0 Å². The fourth-order valence-electron chi connectivity index (χ4n) is 7.55. The highest BCUT2D eigenvalue weighted by Gasteiger charge is 2.59. The Morgan fingerprint density at radius 1 is 1.14 bits per heavy atom. The highest BCUT2D eigenvalue weighted by molar-refractivity contribution is 5.99. The van der Waals surface area contributed by atoms with Crippen LogP contribution in [0.15, 0.2) is 5.11 Å². The molecule has 284 valence electrons. The lowest BCUT2D eigenvalue weighted by molar-refractivity contribution is -0.289. The summed E-state index contributed by atoms with van der Waals surface area (Å²) in [6, 6.07) is -1.69. The number of nitrogens with one attached hydrogen (secondary N) is 1. The monoisotopic (exact) mass is 710 g/mol. The molecule has 12 atom stereocenters. The van der Waals surface area contributed by atoms with Gasteiger partial charge in [0.05, 0.1) is 29.9 Å². The largest absolute Gasteiger partial charge is 0.458 e. The highest BCUT2D eigenvalue weighted by Crippen LogP contribution is 2.39. The summed E-state index contributed by atoms with van der Waals surface area (Å²) < 4.78 is 30.4. The Hall–Kier alpha value is -3.01. The van der Waals surface area contributed by atoms with Crippen LogP contribution in [0, 0.1) is 11.8 Å². The Morgan fingerprint density at radius 2 is 1.82 bits per heavy atom. The minimum Gasteiger partial charge on any atom is -0.458 e. The maximum atomic E-state index is 13.9. The molecule has 2 N–H and O–H groups in total. The quantitative estimate of drug-likeness (QED) is 0.0841. The molecule has 0 aromatic rings. The van der Waals surface area contributed by atoms with Crippen LogP contribution in [-0.2, 0) is 38.1 Å². The van der Waals surface area contributed by atoms with Crippen LogP contribution < -0.4 is 5.32 Å². The van der Waals surface area contributed by atoms with Crippen LogP contribution in [0.5, 0.6) is 0 Å². The number of esters is 1. The van der Waals surface area contributed by atoms with E-state index in [9.17, 15) is 24.3 Å². The summed E-state index contributed by atoms with van der Waals surface area (Å²) in [4.78, 5) is 61.0. The van der Waals surface area contributed by atoms with Crippen LogP contribution in [0.3, 0.4) is 0 Å². The molecule has 3 rings (SSSR count). The van der Waals surface area contributed by atoms with Gasteiger partial charge in [0.15, 0.2) is 11.9 Å². The summed E-state index contributed by atoms with van der Waals surface area (Å²) in [5.74, 6) is -3.51. The van der Waals surface area contributed by atoms with Crippen LogP contribution in [0.4, 0.5) is 4.79 Å². The molecule has 3 heterocycles. The van der Waals surface area contributed by atoms with E-state index in [1.807, 2.05) is 25.9 Å². The molecular formula is C34H58N6O10. The minimum absolute atomic E-state index is 0.104. The fourth-order valence-corrected chi connectivity index (χ4v) is 7.55. The number of azide groups is 1. The van der Waals surface area contributed by atoms with E-state index in [1.165, 1.54) is 18.9 Å². The first-order valence-electron chi connectivity index (χ1n) is 17.7. The molecule has 3 aliphatic heterocycles. The second kappa shape index (κ2) is 17.5. The first kappa shape index (κ1) is 41.4. The van der Waals surface area contributed by atoms with Gasteiger partial charge in [0.1, 0.15) is 23.9 Å². The lowest BCUT2D eigenvalue weighted by Gasteiger charge is -2.45. The number of ether oxygens (including phenoxy) is 5. The molecule has 2 amide bonds. The van der Waals surface area contributed by atoms with Crippen molar-refractivity contribution in [2.75, 3.05) is 34.3 Å². The number of fused-ring (bicyclic) bond motifs is 1. The predicted octanol–water partition coefficient (Wildman–Crippen LogP) is 3.33. The van der Waals surface area contributed by atoms with Crippen LogP contribution in [0.25, 0.3) is 10.4 Å². The van der Waals surface area contributed by atoms with Gasteiger partial charge in [0.2, 0.25) is 5.91 Å². The van der Waals surface area contributed by atoms with Crippen LogP contribution in [-0.4, -0.2) is 133 Å². The number of rotatable bonds is 10. The van der Waals surface area contributed by atoms with Crippen molar-refractivity contribution in [3.05, 3.63) is 10.4 Å². The van der Waals surface area contributed by atoms with E-state index in [4.69, 9.17) is 29.2 Å². The number of hydrogen-bond donors (Lipinski definition) is 2. The maximum Gasteiger partial charge on any atom is 0.410 e. The lowest BCUT2D eigenvalue weighted by atomic mass is 9.83. The van der Waals surface area contributed by atoms with E-state index in [0.29, 0.717) is 19.3 Å². The zero-order chi connectivity index (χ0) is 37.6. The molecule has 3 aliphatic rings. The zero-order valence-corrected chi connectivity index (χ0v) is 31.3. The van der Waals surface area contributed by atoms with Crippen molar-refractivity contribution >= 4 is 23.8 Å². The number of likely N-dealkylation sites (N-methyl/N-ethyl adjacent to an activating group) is 1. The molecule has 4 unspecified atom stereocenters. The van der Waals surface area contributed by atoms with Gasteiger partial charge in [-0.15, -0.1) is 0 Å². The molecule has 0 aromatic carbocycles. The van der Waals surface area contributed by atoms with Crippen molar-refractivity contribution in [3.63, 3.8) is 0 Å². The molecule has 3 saturated heterocycles. The number of Topliss-reactive ketones (excluding diaryl/α,β-unsaturated/α-hetero) is 1. The van der Waals surface area contributed by atoms with Crippen molar-refractivity contribution in [3.8, 4) is 0 Å². The minimum atomic E-state index is -1.38. The topological polar surface area (TPSA) is 202 Å². The smallest absolute Gasteiger partial charge is 0.410 e. The van der Waals surface area contributed by atoms with E-state index in [1.54, 1.807) is 34.6 Å². The predicted molar refractivity (Wildman–Crippen MR) is 182 cm³/mol. The number of carbonyl (C=O) groups is 4. The van der Waals surface area contributed by atoms with E-state index < -0.39 is 77.6 Å². The number of nitrogens with zero attached hydrogens (tertiary/aromatic N) is 5. The second-order valence-corrected chi connectivity index (χ2v) is 14.7. The standard InChI is InChI=1S/C34H58N6O10/c1-11-25-34(7)28(40(32(45)50-34)15-13-12-14-36-38-35)22(5)37-29(43)19(2)18-33(6,46-10)26(17-24(41)21(4)30(44)48-25)49-31-27(42)23(39(8)9)16-20(3)47-31/h19-23,25-28,31,42H,11-18H2,1-10H3,(H,37,43)/t19-,20?,21?,22-,23?,25-,26-,27?,28-,31+,33-,34-/m1/s1. The first-order chi connectivity index (χ1) is 23.4. The SMILES string of the molecule is CC[C@H]1OC(=O)C(C)C(=O)C[C@@H](O[C@@H]2OC(C)CC(N(C)C)C2O)[C@](C)(OC)C[C@@H](C)C(=O)N[C@H](C)[C@H]2N(CCCCN=[N+]=[N-])C(=O)O[C@]12C. The third kappa shape index (κ3) is 9.25. The number of hydrogen-bond acceptors (Lipinski definition) is 12. The molecule has 0 bridgehead atoms. The zero-order valence-electron chi connectivity index (χ0n) is 31.3. The summed E-state index contributed by atoms with van der Waals surface area (Å²) in [5.41, 5.74) is 6.00.